The monoisotopic (exact) mass is 254 g/mol. The fourth-order valence-electron chi connectivity index (χ4n) is 2.18. The number of hydrogen-bond acceptors (Lipinski definition) is 3. The summed E-state index contributed by atoms with van der Waals surface area (Å²) in [5.74, 6) is 1.55. The van der Waals surface area contributed by atoms with Crippen molar-refractivity contribution in [2.75, 3.05) is 14.2 Å². The maximum atomic E-state index is 5.45. The second-order valence-electron chi connectivity index (χ2n) is 4.13. The molecule has 0 unspecified atom stereocenters. The molecule has 3 aromatic rings. The van der Waals surface area contributed by atoms with Crippen molar-refractivity contribution in [2.24, 2.45) is 0 Å². The summed E-state index contributed by atoms with van der Waals surface area (Å²) in [7, 11) is 3.30. The van der Waals surface area contributed by atoms with Crippen LogP contribution in [0.2, 0.25) is 0 Å². The Kier molecular flexibility index (Phi) is 2.83. The number of rotatable bonds is 3. The van der Waals surface area contributed by atoms with E-state index in [1.54, 1.807) is 20.4 Å². The van der Waals surface area contributed by atoms with Crippen LogP contribution < -0.4 is 9.47 Å². The van der Waals surface area contributed by atoms with E-state index in [0.717, 1.165) is 28.4 Å². The first kappa shape index (κ1) is 11.6. The van der Waals surface area contributed by atoms with Crippen molar-refractivity contribution < 1.29 is 9.47 Å². The predicted molar refractivity (Wildman–Crippen MR) is 73.7 cm³/mol. The minimum atomic E-state index is 0.776. The highest BCUT2D eigenvalue weighted by Gasteiger charge is 2.10. The number of imidazole rings is 1. The Labute approximate surface area is 111 Å². The molecule has 4 nitrogen and oxygen atoms in total. The highest BCUT2D eigenvalue weighted by Crippen LogP contribution is 2.33. The lowest BCUT2D eigenvalue weighted by Gasteiger charge is -2.12. The van der Waals surface area contributed by atoms with E-state index in [1.807, 2.05) is 47.0 Å². The van der Waals surface area contributed by atoms with Gasteiger partial charge in [-0.3, -0.25) is 4.40 Å². The first-order chi connectivity index (χ1) is 9.33. The highest BCUT2D eigenvalue weighted by molar-refractivity contribution is 5.71. The van der Waals surface area contributed by atoms with Gasteiger partial charge in [0.2, 0.25) is 0 Å². The Morgan fingerprint density at radius 3 is 2.74 bits per heavy atom. The molecule has 0 aliphatic heterocycles. The molecule has 3 rings (SSSR count). The molecule has 1 aromatic carbocycles. The molecule has 0 amide bonds. The van der Waals surface area contributed by atoms with Crippen LogP contribution in [-0.4, -0.2) is 23.6 Å². The SMILES string of the molecule is COc1ccc(-c2cccc3nccn23)c(OC)c1. The van der Waals surface area contributed by atoms with Crippen LogP contribution in [-0.2, 0) is 0 Å². The highest BCUT2D eigenvalue weighted by atomic mass is 16.5. The number of nitrogens with zero attached hydrogens (tertiary/aromatic N) is 2. The minimum Gasteiger partial charge on any atom is -0.497 e. The molecule has 2 heterocycles. The van der Waals surface area contributed by atoms with E-state index in [-0.39, 0.29) is 0 Å². The van der Waals surface area contributed by atoms with Crippen molar-refractivity contribution in [3.8, 4) is 22.8 Å². The van der Waals surface area contributed by atoms with Crippen LogP contribution in [0.3, 0.4) is 0 Å². The summed E-state index contributed by atoms with van der Waals surface area (Å²) in [5.41, 5.74) is 2.96. The zero-order valence-corrected chi connectivity index (χ0v) is 10.8. The van der Waals surface area contributed by atoms with Gasteiger partial charge in [0.15, 0.2) is 0 Å². The summed E-state index contributed by atoms with van der Waals surface area (Å²) >= 11 is 0. The Balaban J connectivity index is 2.23. The average molecular weight is 254 g/mol. The van der Waals surface area contributed by atoms with Gasteiger partial charge in [0.25, 0.3) is 0 Å². The Morgan fingerprint density at radius 1 is 1.05 bits per heavy atom. The van der Waals surface area contributed by atoms with Crippen molar-refractivity contribution in [3.63, 3.8) is 0 Å². The third-order valence-corrected chi connectivity index (χ3v) is 3.11. The molecule has 0 saturated heterocycles. The smallest absolute Gasteiger partial charge is 0.137 e. The maximum absolute atomic E-state index is 5.45. The second-order valence-corrected chi connectivity index (χ2v) is 4.13. The number of fused-ring (bicyclic) bond motifs is 1. The molecule has 0 saturated carbocycles. The molecule has 0 atom stereocenters. The molecule has 0 fully saturated rings. The van der Waals surface area contributed by atoms with Gasteiger partial charge in [0.1, 0.15) is 17.1 Å². The van der Waals surface area contributed by atoms with Crippen molar-refractivity contribution >= 4 is 5.65 Å². The zero-order valence-electron chi connectivity index (χ0n) is 10.8. The number of benzene rings is 1. The van der Waals surface area contributed by atoms with Gasteiger partial charge in [-0.25, -0.2) is 4.98 Å². The standard InChI is InChI=1S/C15H14N2O2/c1-18-11-6-7-12(14(10-11)19-2)13-4-3-5-15-16-8-9-17(13)15/h3-10H,1-2H3. The van der Waals surface area contributed by atoms with E-state index in [1.165, 1.54) is 0 Å². The van der Waals surface area contributed by atoms with E-state index in [4.69, 9.17) is 9.47 Å². The van der Waals surface area contributed by atoms with E-state index in [0.29, 0.717) is 0 Å². The van der Waals surface area contributed by atoms with E-state index in [9.17, 15) is 0 Å². The zero-order chi connectivity index (χ0) is 13.2. The molecule has 0 bridgehead atoms. The predicted octanol–water partition coefficient (Wildman–Crippen LogP) is 3.02. The van der Waals surface area contributed by atoms with Crippen molar-refractivity contribution in [1.82, 2.24) is 9.38 Å². The number of methoxy groups -OCH3 is 2. The van der Waals surface area contributed by atoms with Crippen LogP contribution in [0.25, 0.3) is 16.9 Å². The van der Waals surface area contributed by atoms with Gasteiger partial charge in [-0.2, -0.15) is 0 Å². The quantitative estimate of drug-likeness (QED) is 0.720. The van der Waals surface area contributed by atoms with Crippen LogP contribution in [0.1, 0.15) is 0 Å². The fourth-order valence-corrected chi connectivity index (χ4v) is 2.18. The Morgan fingerprint density at radius 2 is 1.95 bits per heavy atom. The third kappa shape index (κ3) is 1.91. The van der Waals surface area contributed by atoms with Crippen LogP contribution >= 0.6 is 0 Å². The summed E-state index contributed by atoms with van der Waals surface area (Å²) in [4.78, 5) is 4.29. The topological polar surface area (TPSA) is 35.8 Å². The lowest BCUT2D eigenvalue weighted by atomic mass is 10.1. The molecule has 0 aliphatic rings. The molecule has 96 valence electrons. The van der Waals surface area contributed by atoms with Gasteiger partial charge >= 0.3 is 0 Å². The first-order valence-electron chi connectivity index (χ1n) is 5.98. The second kappa shape index (κ2) is 4.65. The van der Waals surface area contributed by atoms with Crippen LogP contribution in [0, 0.1) is 0 Å². The van der Waals surface area contributed by atoms with Gasteiger partial charge in [-0.05, 0) is 24.3 Å². The summed E-state index contributed by atoms with van der Waals surface area (Å²) in [6.07, 6.45) is 3.73. The number of aromatic nitrogens is 2. The van der Waals surface area contributed by atoms with Crippen molar-refractivity contribution in [3.05, 3.63) is 48.8 Å². The molecule has 2 aromatic heterocycles. The van der Waals surface area contributed by atoms with Gasteiger partial charge in [-0.1, -0.05) is 6.07 Å². The van der Waals surface area contributed by atoms with Crippen molar-refractivity contribution in [2.45, 2.75) is 0 Å². The number of hydrogen-bond donors (Lipinski definition) is 0. The molecule has 4 heteroatoms. The van der Waals surface area contributed by atoms with Gasteiger partial charge in [0, 0.05) is 24.0 Å². The average Bonchev–Trinajstić information content (AvgIpc) is 2.95. The summed E-state index contributed by atoms with van der Waals surface area (Å²) < 4.78 is 12.7. The summed E-state index contributed by atoms with van der Waals surface area (Å²) in [6, 6.07) is 11.8. The molecule has 19 heavy (non-hydrogen) atoms. The normalized spacial score (nSPS) is 10.6. The Hall–Kier alpha value is -2.49. The van der Waals surface area contributed by atoms with Crippen LogP contribution in [0.5, 0.6) is 11.5 Å². The maximum Gasteiger partial charge on any atom is 0.137 e. The van der Waals surface area contributed by atoms with Gasteiger partial charge in [-0.15, -0.1) is 0 Å². The van der Waals surface area contributed by atoms with Crippen molar-refractivity contribution in [1.29, 1.82) is 0 Å². The summed E-state index contributed by atoms with van der Waals surface area (Å²) in [6.45, 7) is 0. The molecular weight excluding hydrogens is 240 g/mol. The van der Waals surface area contributed by atoms with E-state index >= 15 is 0 Å². The van der Waals surface area contributed by atoms with Gasteiger partial charge in [0.05, 0.1) is 19.9 Å². The Bertz CT molecular complexity index is 719. The number of ether oxygens (including phenoxy) is 2. The largest absolute Gasteiger partial charge is 0.497 e. The molecular formula is C15H14N2O2. The molecule has 0 spiro atoms. The number of pyridine rings is 1. The first-order valence-corrected chi connectivity index (χ1v) is 5.98. The van der Waals surface area contributed by atoms with Crippen LogP contribution in [0.4, 0.5) is 0 Å². The lowest BCUT2D eigenvalue weighted by molar-refractivity contribution is 0.395. The molecule has 0 N–H and O–H groups in total. The van der Waals surface area contributed by atoms with Crippen LogP contribution in [0.15, 0.2) is 48.8 Å². The minimum absolute atomic E-state index is 0.776. The molecule has 0 radical (unpaired) electrons. The third-order valence-electron chi connectivity index (χ3n) is 3.11. The van der Waals surface area contributed by atoms with E-state index in [2.05, 4.69) is 4.98 Å². The fraction of sp³-hybridized carbons (Fsp3) is 0.133. The van der Waals surface area contributed by atoms with Gasteiger partial charge < -0.3 is 9.47 Å². The molecule has 0 aliphatic carbocycles. The van der Waals surface area contributed by atoms with E-state index < -0.39 is 0 Å². The summed E-state index contributed by atoms with van der Waals surface area (Å²) in [5, 5.41) is 0. The lowest BCUT2D eigenvalue weighted by Crippen LogP contribution is -1.95.